The van der Waals surface area contributed by atoms with E-state index in [1.54, 1.807) is 6.08 Å². The molecule has 0 aromatic rings. The second-order valence-corrected chi connectivity index (χ2v) is 6.26. The van der Waals surface area contributed by atoms with E-state index in [9.17, 15) is 4.79 Å². The molecule has 1 saturated carbocycles. The third-order valence-electron chi connectivity index (χ3n) is 4.23. The average Bonchev–Trinajstić information content (AvgIpc) is 2.58. The van der Waals surface area contributed by atoms with Gasteiger partial charge in [-0.05, 0) is 52.6 Å². The number of hydrogen-bond acceptors (Lipinski definition) is 2. The molecule has 96 valence electrons. The fourth-order valence-corrected chi connectivity index (χ4v) is 3.10. The van der Waals surface area contributed by atoms with Gasteiger partial charge in [-0.2, -0.15) is 0 Å². The zero-order valence-electron chi connectivity index (χ0n) is 11.5. The molecular weight excluding hydrogens is 212 g/mol. The van der Waals surface area contributed by atoms with Gasteiger partial charge in [0.15, 0.2) is 0 Å². The first-order chi connectivity index (χ1) is 7.92. The van der Waals surface area contributed by atoms with Crippen molar-refractivity contribution in [1.82, 2.24) is 9.80 Å². The number of carbonyl (C=O) groups excluding carboxylic acids is 1. The van der Waals surface area contributed by atoms with Gasteiger partial charge in [0, 0.05) is 25.2 Å². The van der Waals surface area contributed by atoms with Crippen LogP contribution in [0.4, 0.5) is 0 Å². The van der Waals surface area contributed by atoms with Gasteiger partial charge in [-0.25, -0.2) is 0 Å². The van der Waals surface area contributed by atoms with Crippen molar-refractivity contribution in [2.75, 3.05) is 27.2 Å². The Hall–Kier alpha value is -0.830. The van der Waals surface area contributed by atoms with Gasteiger partial charge in [-0.1, -0.05) is 5.57 Å². The molecule has 1 spiro atoms. The highest BCUT2D eigenvalue weighted by molar-refractivity contribution is 5.88. The Balaban J connectivity index is 1.89. The first-order valence-electron chi connectivity index (χ1n) is 6.52. The number of rotatable bonds is 2. The molecule has 0 N–H and O–H groups in total. The van der Waals surface area contributed by atoms with Crippen LogP contribution in [0.25, 0.3) is 0 Å². The molecule has 17 heavy (non-hydrogen) atoms. The smallest absolute Gasteiger partial charge is 0.246 e. The summed E-state index contributed by atoms with van der Waals surface area (Å²) in [7, 11) is 4.30. The number of allylic oxidation sites excluding steroid dienone is 1. The van der Waals surface area contributed by atoms with E-state index in [0.717, 1.165) is 24.7 Å². The molecule has 1 aliphatic heterocycles. The lowest BCUT2D eigenvalue weighted by Gasteiger charge is -2.48. The standard InChI is InChI=1S/C14H24N2O/c1-11(2)7-13(17)16-6-5-14(10-16)8-12(9-14)15(3)4/h7,12H,5-6,8-10H2,1-4H3. The summed E-state index contributed by atoms with van der Waals surface area (Å²) in [5, 5.41) is 0. The largest absolute Gasteiger partial charge is 0.339 e. The topological polar surface area (TPSA) is 23.6 Å². The molecule has 1 heterocycles. The van der Waals surface area contributed by atoms with E-state index in [4.69, 9.17) is 0 Å². The summed E-state index contributed by atoms with van der Waals surface area (Å²) in [5.74, 6) is 0.204. The van der Waals surface area contributed by atoms with Gasteiger partial charge in [0.05, 0.1) is 0 Å². The molecule has 0 unspecified atom stereocenters. The van der Waals surface area contributed by atoms with Gasteiger partial charge in [0.1, 0.15) is 0 Å². The highest BCUT2D eigenvalue weighted by Gasteiger charge is 2.49. The summed E-state index contributed by atoms with van der Waals surface area (Å²) in [5.41, 5.74) is 1.54. The summed E-state index contributed by atoms with van der Waals surface area (Å²) < 4.78 is 0. The number of carbonyl (C=O) groups is 1. The zero-order valence-corrected chi connectivity index (χ0v) is 11.5. The van der Waals surface area contributed by atoms with Crippen molar-refractivity contribution < 1.29 is 4.79 Å². The first-order valence-corrected chi connectivity index (χ1v) is 6.52. The maximum absolute atomic E-state index is 11.9. The Morgan fingerprint density at radius 1 is 1.35 bits per heavy atom. The van der Waals surface area contributed by atoms with E-state index < -0.39 is 0 Å². The van der Waals surface area contributed by atoms with Crippen LogP contribution in [0.15, 0.2) is 11.6 Å². The molecule has 3 heteroatoms. The van der Waals surface area contributed by atoms with Gasteiger partial charge >= 0.3 is 0 Å². The Labute approximate surface area is 104 Å². The average molecular weight is 236 g/mol. The summed E-state index contributed by atoms with van der Waals surface area (Å²) in [6, 6.07) is 0.730. The second kappa shape index (κ2) is 4.45. The molecule has 2 aliphatic rings. The molecule has 3 nitrogen and oxygen atoms in total. The molecule has 0 aromatic carbocycles. The first kappa shape index (κ1) is 12.6. The van der Waals surface area contributed by atoms with Gasteiger partial charge in [0.25, 0.3) is 0 Å². The van der Waals surface area contributed by atoms with Gasteiger partial charge in [-0.3, -0.25) is 4.79 Å². The molecule has 0 bridgehead atoms. The van der Waals surface area contributed by atoms with E-state index in [1.165, 1.54) is 19.3 Å². The maximum Gasteiger partial charge on any atom is 0.246 e. The quantitative estimate of drug-likeness (QED) is 0.684. The van der Waals surface area contributed by atoms with Gasteiger partial charge in [0.2, 0.25) is 5.91 Å². The maximum atomic E-state index is 11.9. The summed E-state index contributed by atoms with van der Waals surface area (Å²) in [4.78, 5) is 16.3. The fourth-order valence-electron chi connectivity index (χ4n) is 3.10. The monoisotopic (exact) mass is 236 g/mol. The molecule has 1 aliphatic carbocycles. The van der Waals surface area contributed by atoms with Crippen molar-refractivity contribution in [2.45, 2.75) is 39.2 Å². The van der Waals surface area contributed by atoms with Crippen molar-refractivity contribution in [3.63, 3.8) is 0 Å². The Kier molecular flexibility index (Phi) is 3.30. The third kappa shape index (κ3) is 2.54. The zero-order chi connectivity index (χ0) is 12.6. The minimum Gasteiger partial charge on any atom is -0.339 e. The lowest BCUT2D eigenvalue weighted by atomic mass is 9.64. The van der Waals surface area contributed by atoms with Crippen LogP contribution in [0.5, 0.6) is 0 Å². The van der Waals surface area contributed by atoms with Crippen LogP contribution >= 0.6 is 0 Å². The highest BCUT2D eigenvalue weighted by Crippen LogP contribution is 2.49. The SMILES string of the molecule is CC(C)=CC(=O)N1CCC2(CC(N(C)C)C2)C1. The summed E-state index contributed by atoms with van der Waals surface area (Å²) >= 11 is 0. The molecule has 0 radical (unpaired) electrons. The molecule has 2 fully saturated rings. The predicted octanol–water partition coefficient (Wildman–Crippen LogP) is 1.90. The van der Waals surface area contributed by atoms with Crippen LogP contribution in [-0.4, -0.2) is 48.9 Å². The predicted molar refractivity (Wildman–Crippen MR) is 69.8 cm³/mol. The lowest BCUT2D eigenvalue weighted by molar-refractivity contribution is -0.126. The molecule has 2 rings (SSSR count). The normalized spacial score (nSPS) is 31.8. The Morgan fingerprint density at radius 3 is 2.53 bits per heavy atom. The van der Waals surface area contributed by atoms with E-state index >= 15 is 0 Å². The van der Waals surface area contributed by atoms with Crippen LogP contribution < -0.4 is 0 Å². The highest BCUT2D eigenvalue weighted by atomic mass is 16.2. The van der Waals surface area contributed by atoms with Crippen LogP contribution in [0.1, 0.15) is 33.1 Å². The van der Waals surface area contributed by atoms with Crippen LogP contribution in [-0.2, 0) is 4.79 Å². The van der Waals surface area contributed by atoms with Crippen molar-refractivity contribution in [1.29, 1.82) is 0 Å². The van der Waals surface area contributed by atoms with Gasteiger partial charge < -0.3 is 9.80 Å². The van der Waals surface area contributed by atoms with Crippen molar-refractivity contribution in [3.05, 3.63) is 11.6 Å². The Morgan fingerprint density at radius 2 is 2.00 bits per heavy atom. The summed E-state index contributed by atoms with van der Waals surface area (Å²) in [6.07, 6.45) is 5.48. The lowest BCUT2D eigenvalue weighted by Crippen LogP contribution is -2.49. The number of amides is 1. The van der Waals surface area contributed by atoms with E-state index in [1.807, 2.05) is 18.7 Å². The van der Waals surface area contributed by atoms with Crippen LogP contribution in [0.3, 0.4) is 0 Å². The van der Waals surface area contributed by atoms with E-state index in [0.29, 0.717) is 5.41 Å². The summed E-state index contributed by atoms with van der Waals surface area (Å²) in [6.45, 7) is 5.88. The Bertz CT molecular complexity index is 336. The van der Waals surface area contributed by atoms with E-state index in [2.05, 4.69) is 19.0 Å². The molecular formula is C14H24N2O. The third-order valence-corrected chi connectivity index (χ3v) is 4.23. The molecule has 0 atom stereocenters. The molecule has 1 amide bonds. The molecule has 1 saturated heterocycles. The van der Waals surface area contributed by atoms with Crippen molar-refractivity contribution in [2.24, 2.45) is 5.41 Å². The van der Waals surface area contributed by atoms with Crippen molar-refractivity contribution >= 4 is 5.91 Å². The number of hydrogen-bond donors (Lipinski definition) is 0. The van der Waals surface area contributed by atoms with Crippen molar-refractivity contribution in [3.8, 4) is 0 Å². The van der Waals surface area contributed by atoms with E-state index in [-0.39, 0.29) is 5.91 Å². The van der Waals surface area contributed by atoms with Crippen LogP contribution in [0.2, 0.25) is 0 Å². The number of nitrogens with zero attached hydrogens (tertiary/aromatic N) is 2. The van der Waals surface area contributed by atoms with Crippen LogP contribution in [0, 0.1) is 5.41 Å². The minimum atomic E-state index is 0.204. The number of likely N-dealkylation sites (tertiary alicyclic amines) is 1. The minimum absolute atomic E-state index is 0.204. The van der Waals surface area contributed by atoms with Gasteiger partial charge in [-0.15, -0.1) is 0 Å². The second-order valence-electron chi connectivity index (χ2n) is 6.26. The fraction of sp³-hybridized carbons (Fsp3) is 0.786. The molecule has 0 aromatic heterocycles.